The van der Waals surface area contributed by atoms with Crippen molar-refractivity contribution in [3.8, 4) is 0 Å². The monoisotopic (exact) mass is 410 g/mol. The Kier molecular flexibility index (Phi) is 5.20. The summed E-state index contributed by atoms with van der Waals surface area (Å²) in [5.41, 5.74) is 3.90. The molecule has 0 saturated heterocycles. The highest BCUT2D eigenvalue weighted by molar-refractivity contribution is 7.22. The second kappa shape index (κ2) is 7.78. The largest absolute Gasteiger partial charge is 0.467 e. The van der Waals surface area contributed by atoms with E-state index in [1.165, 1.54) is 16.9 Å². The topological polar surface area (TPSA) is 46.3 Å². The molecule has 4 nitrogen and oxygen atoms in total. The minimum atomic E-state index is -0.0249. The van der Waals surface area contributed by atoms with Gasteiger partial charge in [0.25, 0.3) is 0 Å². The number of aromatic nitrogens is 1. The average molecular weight is 411 g/mol. The molecule has 0 aliphatic heterocycles. The lowest BCUT2D eigenvalue weighted by molar-refractivity contribution is -0.118. The minimum Gasteiger partial charge on any atom is -0.467 e. The van der Waals surface area contributed by atoms with Crippen molar-refractivity contribution >= 4 is 44.2 Å². The number of anilines is 1. The van der Waals surface area contributed by atoms with Crippen molar-refractivity contribution in [1.29, 1.82) is 0 Å². The van der Waals surface area contributed by atoms with Gasteiger partial charge < -0.3 is 4.42 Å². The predicted octanol–water partition coefficient (Wildman–Crippen LogP) is 5.94. The zero-order valence-corrected chi connectivity index (χ0v) is 17.2. The van der Waals surface area contributed by atoms with Crippen LogP contribution in [0.1, 0.15) is 22.5 Å². The summed E-state index contributed by atoms with van der Waals surface area (Å²) in [7, 11) is 0. The van der Waals surface area contributed by atoms with Crippen LogP contribution in [0.15, 0.2) is 59.2 Å². The van der Waals surface area contributed by atoms with Crippen LogP contribution in [0, 0.1) is 13.8 Å². The van der Waals surface area contributed by atoms with E-state index >= 15 is 0 Å². The first kappa shape index (κ1) is 18.7. The zero-order valence-electron chi connectivity index (χ0n) is 15.6. The number of fused-ring (bicyclic) bond motifs is 1. The smallest absolute Gasteiger partial charge is 0.233 e. The summed E-state index contributed by atoms with van der Waals surface area (Å²) in [5, 5.41) is 1.32. The maximum Gasteiger partial charge on any atom is 0.233 e. The maximum atomic E-state index is 13.2. The van der Waals surface area contributed by atoms with Gasteiger partial charge in [-0.2, -0.15) is 0 Å². The van der Waals surface area contributed by atoms with Gasteiger partial charge in [-0.1, -0.05) is 52.8 Å². The number of nitrogens with zero attached hydrogens (tertiary/aromatic N) is 2. The van der Waals surface area contributed by atoms with Crippen LogP contribution in [-0.2, 0) is 17.8 Å². The summed E-state index contributed by atoms with van der Waals surface area (Å²) >= 11 is 7.73. The quantitative estimate of drug-likeness (QED) is 0.409. The molecule has 0 unspecified atom stereocenters. The fraction of sp³-hybridized carbons (Fsp3) is 0.182. The molecule has 0 fully saturated rings. The molecule has 2 aromatic heterocycles. The van der Waals surface area contributed by atoms with Crippen molar-refractivity contribution in [2.45, 2.75) is 26.8 Å². The van der Waals surface area contributed by atoms with E-state index in [1.807, 2.05) is 62.4 Å². The number of rotatable bonds is 5. The molecule has 1 amide bonds. The van der Waals surface area contributed by atoms with Gasteiger partial charge in [-0.25, -0.2) is 4.98 Å². The molecule has 2 aromatic carbocycles. The van der Waals surface area contributed by atoms with Crippen LogP contribution in [0.25, 0.3) is 10.2 Å². The van der Waals surface area contributed by atoms with Gasteiger partial charge >= 0.3 is 0 Å². The van der Waals surface area contributed by atoms with E-state index in [2.05, 4.69) is 0 Å². The fourth-order valence-electron chi connectivity index (χ4n) is 3.00. The van der Waals surface area contributed by atoms with E-state index in [9.17, 15) is 4.79 Å². The Bertz CT molecular complexity index is 1120. The van der Waals surface area contributed by atoms with Crippen LogP contribution in [0.2, 0.25) is 5.02 Å². The first-order valence-corrected chi connectivity index (χ1v) is 10.1. The van der Waals surface area contributed by atoms with E-state index in [0.29, 0.717) is 28.9 Å². The number of hydrogen-bond donors (Lipinski definition) is 0. The van der Waals surface area contributed by atoms with Gasteiger partial charge in [-0.05, 0) is 49.2 Å². The van der Waals surface area contributed by atoms with Gasteiger partial charge in [0.05, 0.1) is 29.4 Å². The first-order valence-electron chi connectivity index (χ1n) is 8.95. The van der Waals surface area contributed by atoms with Gasteiger partial charge in [0.2, 0.25) is 5.91 Å². The average Bonchev–Trinajstić information content (AvgIpc) is 3.34. The van der Waals surface area contributed by atoms with E-state index < -0.39 is 0 Å². The van der Waals surface area contributed by atoms with Crippen LogP contribution in [0.3, 0.4) is 0 Å². The van der Waals surface area contributed by atoms with Gasteiger partial charge in [-0.15, -0.1) is 0 Å². The standard InChI is InChI=1S/C22H19ClN2O2S/c1-14-5-7-16(8-6-14)12-20(26)25(13-17-4-3-11-27-17)22-24-21-15(2)18(23)9-10-19(21)28-22/h3-11H,12-13H2,1-2H3. The lowest BCUT2D eigenvalue weighted by Gasteiger charge is -2.19. The van der Waals surface area contributed by atoms with Gasteiger partial charge in [0.15, 0.2) is 5.13 Å². The molecule has 0 N–H and O–H groups in total. The molecule has 0 atom stereocenters. The minimum absolute atomic E-state index is 0.0249. The Morgan fingerprint density at radius 1 is 1.14 bits per heavy atom. The molecular formula is C22H19ClN2O2S. The van der Waals surface area contributed by atoms with Crippen LogP contribution >= 0.6 is 22.9 Å². The Labute approximate surface area is 172 Å². The highest BCUT2D eigenvalue weighted by atomic mass is 35.5. The van der Waals surface area contributed by atoms with Crippen molar-refractivity contribution in [2.75, 3.05) is 4.90 Å². The molecule has 0 bridgehead atoms. The Balaban J connectivity index is 1.69. The number of carbonyl (C=O) groups excluding carboxylic acids is 1. The molecule has 4 aromatic rings. The third-order valence-corrected chi connectivity index (χ3v) is 6.09. The van der Waals surface area contributed by atoms with Gasteiger partial charge in [0.1, 0.15) is 5.76 Å². The van der Waals surface area contributed by atoms with Gasteiger partial charge in [-0.3, -0.25) is 9.69 Å². The second-order valence-electron chi connectivity index (χ2n) is 6.74. The molecule has 0 aliphatic carbocycles. The summed E-state index contributed by atoms with van der Waals surface area (Å²) in [6.07, 6.45) is 1.91. The molecule has 0 radical (unpaired) electrons. The molecular weight excluding hydrogens is 392 g/mol. The molecule has 0 spiro atoms. The van der Waals surface area contributed by atoms with E-state index in [4.69, 9.17) is 21.0 Å². The highest BCUT2D eigenvalue weighted by Crippen LogP contribution is 2.34. The number of carbonyl (C=O) groups is 1. The Hall–Kier alpha value is -2.63. The zero-order chi connectivity index (χ0) is 19.7. The normalized spacial score (nSPS) is 11.1. The number of benzene rings is 2. The number of halogens is 1. The summed E-state index contributed by atoms with van der Waals surface area (Å²) < 4.78 is 6.48. The van der Waals surface area contributed by atoms with Gasteiger partial charge in [0, 0.05) is 5.02 Å². The van der Waals surface area contributed by atoms with Crippen LogP contribution in [0.4, 0.5) is 5.13 Å². The van der Waals surface area contributed by atoms with Crippen molar-refractivity contribution < 1.29 is 9.21 Å². The fourth-order valence-corrected chi connectivity index (χ4v) is 4.20. The molecule has 4 rings (SSSR count). The summed E-state index contributed by atoms with van der Waals surface area (Å²) in [6, 6.07) is 15.5. The SMILES string of the molecule is Cc1ccc(CC(=O)N(Cc2ccco2)c2nc3c(C)c(Cl)ccc3s2)cc1. The first-order chi connectivity index (χ1) is 13.5. The maximum absolute atomic E-state index is 13.2. The number of hydrogen-bond acceptors (Lipinski definition) is 4. The highest BCUT2D eigenvalue weighted by Gasteiger charge is 2.22. The van der Waals surface area contributed by atoms with Crippen molar-refractivity contribution in [3.63, 3.8) is 0 Å². The molecule has 2 heterocycles. The third kappa shape index (κ3) is 3.81. The summed E-state index contributed by atoms with van der Waals surface area (Å²) in [4.78, 5) is 19.6. The number of aryl methyl sites for hydroxylation is 2. The number of furan rings is 1. The number of amides is 1. The molecule has 0 saturated carbocycles. The molecule has 142 valence electrons. The summed E-state index contributed by atoms with van der Waals surface area (Å²) in [6.45, 7) is 4.31. The van der Waals surface area contributed by atoms with E-state index in [0.717, 1.165) is 21.3 Å². The van der Waals surface area contributed by atoms with Crippen LogP contribution in [0.5, 0.6) is 0 Å². The van der Waals surface area contributed by atoms with Crippen LogP contribution < -0.4 is 4.90 Å². The van der Waals surface area contributed by atoms with Crippen molar-refractivity contribution in [2.24, 2.45) is 0 Å². The lowest BCUT2D eigenvalue weighted by Crippen LogP contribution is -2.31. The van der Waals surface area contributed by atoms with E-state index in [1.54, 1.807) is 11.2 Å². The van der Waals surface area contributed by atoms with Crippen molar-refractivity contribution in [3.05, 3.63) is 82.3 Å². The predicted molar refractivity (Wildman–Crippen MR) is 114 cm³/mol. The van der Waals surface area contributed by atoms with Crippen molar-refractivity contribution in [1.82, 2.24) is 4.98 Å². The third-order valence-electron chi connectivity index (χ3n) is 4.64. The Morgan fingerprint density at radius 2 is 1.93 bits per heavy atom. The molecule has 28 heavy (non-hydrogen) atoms. The number of thiazole rings is 1. The second-order valence-corrected chi connectivity index (χ2v) is 8.15. The lowest BCUT2D eigenvalue weighted by atomic mass is 10.1. The van der Waals surface area contributed by atoms with Crippen LogP contribution in [-0.4, -0.2) is 10.9 Å². The molecule has 0 aliphatic rings. The van der Waals surface area contributed by atoms with E-state index in [-0.39, 0.29) is 5.91 Å². The molecule has 6 heteroatoms. The Morgan fingerprint density at radius 3 is 2.64 bits per heavy atom. The summed E-state index contributed by atoms with van der Waals surface area (Å²) in [5.74, 6) is 0.689.